The number of likely N-dealkylation sites (tertiary alicyclic amines) is 1. The lowest BCUT2D eigenvalue weighted by atomic mass is 10.1. The highest BCUT2D eigenvalue weighted by molar-refractivity contribution is 5.89. The van der Waals surface area contributed by atoms with Crippen molar-refractivity contribution in [3.63, 3.8) is 0 Å². The van der Waals surface area contributed by atoms with Crippen molar-refractivity contribution in [2.24, 2.45) is 5.92 Å². The van der Waals surface area contributed by atoms with E-state index in [2.05, 4.69) is 15.5 Å². The van der Waals surface area contributed by atoms with Crippen LogP contribution in [0.2, 0.25) is 0 Å². The Kier molecular flexibility index (Phi) is 3.96. The number of aromatic amines is 1. The molecule has 2 heterocycles. The first-order valence-electron chi connectivity index (χ1n) is 5.95. The van der Waals surface area contributed by atoms with Crippen LogP contribution in [0, 0.1) is 5.92 Å². The Hall–Kier alpha value is -2.06. The van der Waals surface area contributed by atoms with E-state index < -0.39 is 30.5 Å². The minimum atomic E-state index is -4.45. The van der Waals surface area contributed by atoms with Crippen LogP contribution in [0.4, 0.5) is 13.2 Å². The third-order valence-electron chi connectivity index (χ3n) is 2.97. The predicted molar refractivity (Wildman–Crippen MR) is 61.2 cm³/mol. The first-order chi connectivity index (χ1) is 9.35. The van der Waals surface area contributed by atoms with Crippen molar-refractivity contribution < 1.29 is 22.8 Å². The second-order valence-corrected chi connectivity index (χ2v) is 4.59. The maximum absolute atomic E-state index is 12.2. The fraction of sp³-hybridized carbons (Fsp3) is 0.545. The van der Waals surface area contributed by atoms with Crippen LogP contribution in [0.3, 0.4) is 0 Å². The molecule has 0 bridgehead atoms. The van der Waals surface area contributed by atoms with Crippen molar-refractivity contribution in [2.75, 3.05) is 13.1 Å². The summed E-state index contributed by atoms with van der Waals surface area (Å²) in [5.41, 5.74) is 0.676. The van der Waals surface area contributed by atoms with E-state index in [4.69, 9.17) is 0 Å². The van der Waals surface area contributed by atoms with Gasteiger partial charge in [-0.1, -0.05) is 0 Å². The number of nitrogens with one attached hydrogen (secondary N) is 2. The summed E-state index contributed by atoms with van der Waals surface area (Å²) in [4.78, 5) is 23.9. The van der Waals surface area contributed by atoms with Gasteiger partial charge >= 0.3 is 6.18 Å². The SMILES string of the molecule is O=C(NCc1ccn[nH]1)C1CC(=O)N(CC(F)(F)F)C1. The number of amides is 2. The Morgan fingerprint density at radius 3 is 2.90 bits per heavy atom. The van der Waals surface area contributed by atoms with Crippen LogP contribution in [0.15, 0.2) is 12.3 Å². The smallest absolute Gasteiger partial charge is 0.350 e. The molecule has 2 rings (SSSR count). The number of alkyl halides is 3. The predicted octanol–water partition coefficient (Wildman–Crippen LogP) is 0.437. The van der Waals surface area contributed by atoms with E-state index in [-0.39, 0.29) is 19.5 Å². The van der Waals surface area contributed by atoms with Gasteiger partial charge in [0.2, 0.25) is 11.8 Å². The zero-order chi connectivity index (χ0) is 14.8. The summed E-state index contributed by atoms with van der Waals surface area (Å²) >= 11 is 0. The van der Waals surface area contributed by atoms with Gasteiger partial charge in [0.15, 0.2) is 0 Å². The largest absolute Gasteiger partial charge is 0.406 e. The van der Waals surface area contributed by atoms with Crippen LogP contribution in [0.1, 0.15) is 12.1 Å². The quantitative estimate of drug-likeness (QED) is 0.844. The van der Waals surface area contributed by atoms with Crippen LogP contribution >= 0.6 is 0 Å². The van der Waals surface area contributed by atoms with Gasteiger partial charge < -0.3 is 10.2 Å². The van der Waals surface area contributed by atoms with Gasteiger partial charge in [-0.15, -0.1) is 0 Å². The zero-order valence-electron chi connectivity index (χ0n) is 10.4. The number of halogens is 3. The summed E-state index contributed by atoms with van der Waals surface area (Å²) < 4.78 is 36.7. The number of H-pyrrole nitrogens is 1. The Labute approximate surface area is 112 Å². The Morgan fingerprint density at radius 1 is 1.55 bits per heavy atom. The van der Waals surface area contributed by atoms with E-state index in [1.54, 1.807) is 6.07 Å². The molecule has 9 heteroatoms. The lowest BCUT2D eigenvalue weighted by molar-refractivity contribution is -0.157. The standard InChI is InChI=1S/C11H13F3N4O2/c12-11(13,14)6-18-5-7(3-9(18)19)10(20)15-4-8-1-2-16-17-8/h1-2,7H,3-6H2,(H,15,20)(H,16,17). The lowest BCUT2D eigenvalue weighted by Crippen LogP contribution is -2.37. The molecule has 0 saturated carbocycles. The fourth-order valence-electron chi connectivity index (χ4n) is 2.03. The van der Waals surface area contributed by atoms with E-state index in [1.807, 2.05) is 0 Å². The number of rotatable bonds is 4. The molecule has 0 aromatic carbocycles. The molecule has 20 heavy (non-hydrogen) atoms. The van der Waals surface area contributed by atoms with Crippen molar-refractivity contribution in [1.29, 1.82) is 0 Å². The number of hydrogen-bond acceptors (Lipinski definition) is 3. The molecular formula is C11H13F3N4O2. The molecule has 1 aromatic heterocycles. The number of hydrogen-bond donors (Lipinski definition) is 2. The molecule has 1 aromatic rings. The van der Waals surface area contributed by atoms with Crippen LogP contribution in [0.25, 0.3) is 0 Å². The molecule has 1 aliphatic heterocycles. The minimum absolute atomic E-state index is 0.190. The van der Waals surface area contributed by atoms with E-state index in [0.29, 0.717) is 10.6 Å². The van der Waals surface area contributed by atoms with Gasteiger partial charge in [-0.25, -0.2) is 0 Å². The molecule has 1 atom stereocenters. The molecule has 2 N–H and O–H groups in total. The highest BCUT2D eigenvalue weighted by atomic mass is 19.4. The zero-order valence-corrected chi connectivity index (χ0v) is 10.4. The number of aromatic nitrogens is 2. The van der Waals surface area contributed by atoms with Gasteiger partial charge in [0.25, 0.3) is 0 Å². The maximum atomic E-state index is 12.2. The number of carbonyl (C=O) groups excluding carboxylic acids is 2. The summed E-state index contributed by atoms with van der Waals surface area (Å²) in [7, 11) is 0. The van der Waals surface area contributed by atoms with Crippen LogP contribution in [0.5, 0.6) is 0 Å². The third kappa shape index (κ3) is 3.72. The van der Waals surface area contributed by atoms with E-state index in [1.165, 1.54) is 6.20 Å². The van der Waals surface area contributed by atoms with E-state index in [0.717, 1.165) is 0 Å². The van der Waals surface area contributed by atoms with Gasteiger partial charge in [0, 0.05) is 19.2 Å². The van der Waals surface area contributed by atoms with Crippen molar-refractivity contribution in [1.82, 2.24) is 20.4 Å². The third-order valence-corrected chi connectivity index (χ3v) is 2.97. The molecule has 0 radical (unpaired) electrons. The topological polar surface area (TPSA) is 78.1 Å². The molecule has 0 spiro atoms. The lowest BCUT2D eigenvalue weighted by Gasteiger charge is -2.18. The molecule has 110 valence electrons. The van der Waals surface area contributed by atoms with Gasteiger partial charge in [0.1, 0.15) is 6.54 Å². The van der Waals surface area contributed by atoms with Crippen molar-refractivity contribution in [2.45, 2.75) is 19.1 Å². The summed E-state index contributed by atoms with van der Waals surface area (Å²) in [6.07, 6.45) is -3.12. The molecule has 1 aliphatic rings. The van der Waals surface area contributed by atoms with Gasteiger partial charge in [-0.3, -0.25) is 14.7 Å². The molecule has 1 unspecified atom stereocenters. The Balaban J connectivity index is 1.84. The molecule has 6 nitrogen and oxygen atoms in total. The summed E-state index contributed by atoms with van der Waals surface area (Å²) in [5.74, 6) is -1.82. The molecular weight excluding hydrogens is 277 g/mol. The van der Waals surface area contributed by atoms with Crippen molar-refractivity contribution in [3.05, 3.63) is 18.0 Å². The molecule has 2 amide bonds. The Bertz CT molecular complexity index is 486. The first kappa shape index (κ1) is 14.4. The highest BCUT2D eigenvalue weighted by Crippen LogP contribution is 2.23. The van der Waals surface area contributed by atoms with E-state index in [9.17, 15) is 22.8 Å². The first-order valence-corrected chi connectivity index (χ1v) is 5.95. The average Bonchev–Trinajstić information content (AvgIpc) is 2.95. The number of carbonyl (C=O) groups is 2. The van der Waals surface area contributed by atoms with Gasteiger partial charge in [-0.2, -0.15) is 18.3 Å². The highest BCUT2D eigenvalue weighted by Gasteiger charge is 2.40. The summed E-state index contributed by atoms with van der Waals surface area (Å²) in [6.45, 7) is -1.31. The van der Waals surface area contributed by atoms with Crippen molar-refractivity contribution >= 4 is 11.8 Å². The fourth-order valence-corrected chi connectivity index (χ4v) is 2.03. The monoisotopic (exact) mass is 290 g/mol. The molecule has 1 fully saturated rings. The molecule has 0 aliphatic carbocycles. The van der Waals surface area contributed by atoms with E-state index >= 15 is 0 Å². The average molecular weight is 290 g/mol. The second kappa shape index (κ2) is 5.51. The summed E-state index contributed by atoms with van der Waals surface area (Å²) in [5, 5.41) is 8.90. The Morgan fingerprint density at radius 2 is 2.30 bits per heavy atom. The van der Waals surface area contributed by atoms with Crippen LogP contribution in [-0.2, 0) is 16.1 Å². The van der Waals surface area contributed by atoms with Crippen molar-refractivity contribution in [3.8, 4) is 0 Å². The molecule has 1 saturated heterocycles. The normalized spacial score (nSPS) is 19.4. The maximum Gasteiger partial charge on any atom is 0.406 e. The van der Waals surface area contributed by atoms with Crippen LogP contribution < -0.4 is 5.32 Å². The van der Waals surface area contributed by atoms with Gasteiger partial charge in [0.05, 0.1) is 18.2 Å². The second-order valence-electron chi connectivity index (χ2n) is 4.59. The number of nitrogens with zero attached hydrogens (tertiary/aromatic N) is 2. The van der Waals surface area contributed by atoms with Crippen LogP contribution in [-0.4, -0.2) is 46.2 Å². The summed E-state index contributed by atoms with van der Waals surface area (Å²) in [6, 6.07) is 1.66. The van der Waals surface area contributed by atoms with Gasteiger partial charge in [-0.05, 0) is 6.07 Å². The minimum Gasteiger partial charge on any atom is -0.350 e.